The smallest absolute Gasteiger partial charge is 0.307 e. The molecule has 2 aromatic rings. The predicted molar refractivity (Wildman–Crippen MR) is 92.1 cm³/mol. The van der Waals surface area contributed by atoms with Crippen LogP contribution in [0.1, 0.15) is 18.5 Å². The van der Waals surface area contributed by atoms with Crippen LogP contribution in [0.5, 0.6) is 0 Å². The molecule has 1 aliphatic rings. The number of fused-ring (bicyclic) bond motifs is 1. The second kappa shape index (κ2) is 7.88. The summed E-state index contributed by atoms with van der Waals surface area (Å²) in [4.78, 5) is 22.9. The largest absolute Gasteiger partial charge is 0.481 e. The molecule has 6 heteroatoms. The Balaban J connectivity index is 1.45. The Morgan fingerprint density at radius 2 is 2.25 bits per heavy atom. The SMILES string of the molecule is O=C(O)C1CCCN(CCO/N=C/c2ccc3ccccc3n2)C1. The molecule has 1 aromatic carbocycles. The number of pyridine rings is 1. The number of para-hydroxylation sites is 1. The van der Waals surface area contributed by atoms with Gasteiger partial charge < -0.3 is 9.94 Å². The van der Waals surface area contributed by atoms with Crippen LogP contribution in [0.2, 0.25) is 0 Å². The van der Waals surface area contributed by atoms with Crippen LogP contribution in [0.25, 0.3) is 10.9 Å². The normalized spacial score (nSPS) is 18.9. The van der Waals surface area contributed by atoms with Crippen LogP contribution in [0.15, 0.2) is 41.6 Å². The van der Waals surface area contributed by atoms with Crippen molar-refractivity contribution in [3.05, 3.63) is 42.1 Å². The lowest BCUT2D eigenvalue weighted by Gasteiger charge is -2.29. The predicted octanol–water partition coefficient (Wildman–Crippen LogP) is 2.38. The molecule has 126 valence electrons. The number of piperidine rings is 1. The molecule has 0 radical (unpaired) electrons. The van der Waals surface area contributed by atoms with Gasteiger partial charge in [0, 0.05) is 18.5 Å². The van der Waals surface area contributed by atoms with Crippen molar-refractivity contribution < 1.29 is 14.7 Å². The minimum absolute atomic E-state index is 0.260. The molecule has 1 aromatic heterocycles. The molecule has 0 saturated carbocycles. The van der Waals surface area contributed by atoms with Crippen LogP contribution in [0, 0.1) is 5.92 Å². The van der Waals surface area contributed by atoms with E-state index >= 15 is 0 Å². The molecule has 1 atom stereocenters. The van der Waals surface area contributed by atoms with Crippen LogP contribution in [0.3, 0.4) is 0 Å². The van der Waals surface area contributed by atoms with E-state index in [9.17, 15) is 4.79 Å². The van der Waals surface area contributed by atoms with Gasteiger partial charge in [-0.05, 0) is 31.5 Å². The highest BCUT2D eigenvalue weighted by Gasteiger charge is 2.24. The van der Waals surface area contributed by atoms with E-state index in [2.05, 4.69) is 15.0 Å². The molecule has 1 fully saturated rings. The summed E-state index contributed by atoms with van der Waals surface area (Å²) in [6.45, 7) is 2.64. The molecule has 24 heavy (non-hydrogen) atoms. The minimum atomic E-state index is -0.707. The van der Waals surface area contributed by atoms with Gasteiger partial charge in [0.1, 0.15) is 6.61 Å². The maximum atomic E-state index is 11.0. The Bertz CT molecular complexity index is 732. The summed E-state index contributed by atoms with van der Waals surface area (Å²) >= 11 is 0. The molecule has 0 spiro atoms. The lowest BCUT2D eigenvalue weighted by atomic mass is 9.98. The molecule has 1 unspecified atom stereocenters. The second-order valence-corrected chi connectivity index (χ2v) is 5.97. The number of benzene rings is 1. The molecular formula is C18H21N3O3. The van der Waals surface area contributed by atoms with E-state index in [-0.39, 0.29) is 5.92 Å². The average Bonchev–Trinajstić information content (AvgIpc) is 2.61. The van der Waals surface area contributed by atoms with Crippen molar-refractivity contribution in [1.82, 2.24) is 9.88 Å². The van der Waals surface area contributed by atoms with Crippen molar-refractivity contribution in [2.45, 2.75) is 12.8 Å². The summed E-state index contributed by atoms with van der Waals surface area (Å²) < 4.78 is 0. The fourth-order valence-electron chi connectivity index (χ4n) is 2.93. The van der Waals surface area contributed by atoms with E-state index in [1.807, 2.05) is 36.4 Å². The Morgan fingerprint density at radius 1 is 1.38 bits per heavy atom. The van der Waals surface area contributed by atoms with Crippen molar-refractivity contribution in [3.8, 4) is 0 Å². The highest BCUT2D eigenvalue weighted by Crippen LogP contribution is 2.16. The summed E-state index contributed by atoms with van der Waals surface area (Å²) in [6, 6.07) is 11.8. The fraction of sp³-hybridized carbons (Fsp3) is 0.389. The van der Waals surface area contributed by atoms with Crippen LogP contribution in [-0.2, 0) is 9.63 Å². The average molecular weight is 327 g/mol. The number of aromatic nitrogens is 1. The lowest BCUT2D eigenvalue weighted by Crippen LogP contribution is -2.40. The number of oxime groups is 1. The van der Waals surface area contributed by atoms with Gasteiger partial charge in [-0.3, -0.25) is 9.69 Å². The first-order chi connectivity index (χ1) is 11.7. The third-order valence-electron chi connectivity index (χ3n) is 4.23. The van der Waals surface area contributed by atoms with Gasteiger partial charge in [0.05, 0.1) is 23.3 Å². The number of hydrogen-bond donors (Lipinski definition) is 1. The molecule has 0 amide bonds. The van der Waals surface area contributed by atoms with Crippen molar-refractivity contribution in [1.29, 1.82) is 0 Å². The molecule has 0 bridgehead atoms. The van der Waals surface area contributed by atoms with Crippen LogP contribution in [0.4, 0.5) is 0 Å². The maximum absolute atomic E-state index is 11.0. The number of hydrogen-bond acceptors (Lipinski definition) is 5. The molecule has 2 heterocycles. The van der Waals surface area contributed by atoms with E-state index in [1.165, 1.54) is 0 Å². The number of likely N-dealkylation sites (tertiary alicyclic amines) is 1. The lowest BCUT2D eigenvalue weighted by molar-refractivity contribution is -0.143. The molecular weight excluding hydrogens is 306 g/mol. The van der Waals surface area contributed by atoms with Gasteiger partial charge in [-0.25, -0.2) is 4.98 Å². The van der Waals surface area contributed by atoms with Crippen molar-refractivity contribution in [2.24, 2.45) is 11.1 Å². The molecule has 6 nitrogen and oxygen atoms in total. The van der Waals surface area contributed by atoms with Gasteiger partial charge in [0.25, 0.3) is 0 Å². The van der Waals surface area contributed by atoms with Crippen LogP contribution < -0.4 is 0 Å². The molecule has 3 rings (SSSR count). The van der Waals surface area contributed by atoms with Gasteiger partial charge in [0.2, 0.25) is 0 Å². The summed E-state index contributed by atoms with van der Waals surface area (Å²) in [7, 11) is 0. The number of carboxylic acids is 1. The van der Waals surface area contributed by atoms with Crippen LogP contribution >= 0.6 is 0 Å². The van der Waals surface area contributed by atoms with Crippen molar-refractivity contribution >= 4 is 23.1 Å². The maximum Gasteiger partial charge on any atom is 0.307 e. The summed E-state index contributed by atoms with van der Waals surface area (Å²) in [5, 5.41) is 14.1. The van der Waals surface area contributed by atoms with Crippen molar-refractivity contribution in [3.63, 3.8) is 0 Å². The van der Waals surface area contributed by atoms with E-state index in [4.69, 9.17) is 9.94 Å². The topological polar surface area (TPSA) is 75.0 Å². The standard InChI is InChI=1S/C18H21N3O3/c22-18(23)15-5-3-9-21(13-15)10-11-24-19-12-16-8-7-14-4-1-2-6-17(14)20-16/h1-2,4,6-8,12,15H,3,5,9-11,13H2,(H,22,23)/b19-12+. The van der Waals surface area contributed by atoms with Gasteiger partial charge in [-0.2, -0.15) is 0 Å². The number of nitrogens with zero attached hydrogens (tertiary/aromatic N) is 3. The molecule has 0 aliphatic carbocycles. The first-order valence-corrected chi connectivity index (χ1v) is 8.18. The second-order valence-electron chi connectivity index (χ2n) is 5.97. The summed E-state index contributed by atoms with van der Waals surface area (Å²) in [5.41, 5.74) is 1.67. The van der Waals surface area contributed by atoms with Gasteiger partial charge in [0.15, 0.2) is 0 Å². The fourth-order valence-corrected chi connectivity index (χ4v) is 2.93. The van der Waals surface area contributed by atoms with Gasteiger partial charge >= 0.3 is 5.97 Å². The Kier molecular flexibility index (Phi) is 5.38. The first kappa shape index (κ1) is 16.4. The van der Waals surface area contributed by atoms with E-state index in [0.29, 0.717) is 19.7 Å². The zero-order valence-corrected chi connectivity index (χ0v) is 13.5. The minimum Gasteiger partial charge on any atom is -0.481 e. The number of rotatable bonds is 6. The van der Waals surface area contributed by atoms with E-state index in [0.717, 1.165) is 36.0 Å². The zero-order chi connectivity index (χ0) is 16.8. The summed E-state index contributed by atoms with van der Waals surface area (Å²) in [6.07, 6.45) is 3.28. The third-order valence-corrected chi connectivity index (χ3v) is 4.23. The Hall–Kier alpha value is -2.47. The van der Waals surface area contributed by atoms with Crippen LogP contribution in [-0.4, -0.2) is 53.4 Å². The van der Waals surface area contributed by atoms with Crippen molar-refractivity contribution in [2.75, 3.05) is 26.2 Å². The number of carboxylic acid groups (broad SMARTS) is 1. The number of aliphatic carboxylic acids is 1. The molecule has 1 N–H and O–H groups in total. The van der Waals surface area contributed by atoms with E-state index < -0.39 is 5.97 Å². The highest BCUT2D eigenvalue weighted by molar-refractivity contribution is 5.84. The van der Waals surface area contributed by atoms with Gasteiger partial charge in [-0.1, -0.05) is 29.4 Å². The first-order valence-electron chi connectivity index (χ1n) is 8.18. The third kappa shape index (κ3) is 4.29. The monoisotopic (exact) mass is 327 g/mol. The highest BCUT2D eigenvalue weighted by atomic mass is 16.6. The summed E-state index contributed by atoms with van der Waals surface area (Å²) in [5.74, 6) is -0.968. The Morgan fingerprint density at radius 3 is 3.12 bits per heavy atom. The Labute approximate surface area is 140 Å². The number of carbonyl (C=O) groups is 1. The zero-order valence-electron chi connectivity index (χ0n) is 13.5. The van der Waals surface area contributed by atoms with Gasteiger partial charge in [-0.15, -0.1) is 0 Å². The van der Waals surface area contributed by atoms with E-state index in [1.54, 1.807) is 6.21 Å². The molecule has 1 aliphatic heterocycles. The molecule has 1 saturated heterocycles. The quantitative estimate of drug-likeness (QED) is 0.501.